The molecule has 4 heterocycles. The summed E-state index contributed by atoms with van der Waals surface area (Å²) in [7, 11) is 0. The highest BCUT2D eigenvalue weighted by Crippen LogP contribution is 2.30. The molecule has 0 bridgehead atoms. The number of anilines is 2. The maximum absolute atomic E-state index is 11.5. The van der Waals surface area contributed by atoms with Gasteiger partial charge in [0.05, 0.1) is 17.4 Å². The highest BCUT2D eigenvalue weighted by Gasteiger charge is 2.17. The number of rotatable bonds is 3. The van der Waals surface area contributed by atoms with E-state index in [1.165, 1.54) is 5.57 Å². The van der Waals surface area contributed by atoms with Gasteiger partial charge >= 0.3 is 0 Å². The summed E-state index contributed by atoms with van der Waals surface area (Å²) in [6, 6.07) is 10.2. The van der Waals surface area contributed by atoms with E-state index in [9.17, 15) is 4.79 Å². The first-order valence-corrected chi connectivity index (χ1v) is 9.30. The fraction of sp³-hybridized carbons (Fsp3) is 0.190. The maximum Gasteiger partial charge on any atom is 0.219 e. The number of hydrogen-bond acceptors (Lipinski definition) is 4. The van der Waals surface area contributed by atoms with Crippen molar-refractivity contribution in [2.75, 3.05) is 18.4 Å². The summed E-state index contributed by atoms with van der Waals surface area (Å²) in [5.74, 6) is 0.120. The molecule has 5 rings (SSSR count). The van der Waals surface area contributed by atoms with Crippen LogP contribution in [0.25, 0.3) is 27.5 Å². The summed E-state index contributed by atoms with van der Waals surface area (Å²) in [5, 5.41) is 12.6. The summed E-state index contributed by atoms with van der Waals surface area (Å²) >= 11 is 0. The second kappa shape index (κ2) is 6.53. The number of H-pyrrole nitrogens is 2. The first-order chi connectivity index (χ1) is 13.7. The fourth-order valence-electron chi connectivity index (χ4n) is 3.68. The van der Waals surface area contributed by atoms with Crippen LogP contribution in [-0.2, 0) is 4.79 Å². The van der Waals surface area contributed by atoms with Crippen LogP contribution in [0.1, 0.15) is 19.0 Å². The van der Waals surface area contributed by atoms with Crippen LogP contribution in [0.2, 0.25) is 0 Å². The molecule has 7 nitrogen and oxygen atoms in total. The largest absolute Gasteiger partial charge is 0.355 e. The van der Waals surface area contributed by atoms with Crippen molar-refractivity contribution in [3.63, 3.8) is 0 Å². The van der Waals surface area contributed by atoms with Gasteiger partial charge in [-0.3, -0.25) is 9.89 Å². The summed E-state index contributed by atoms with van der Waals surface area (Å²) in [6.45, 7) is 3.02. The number of amides is 1. The van der Waals surface area contributed by atoms with Crippen molar-refractivity contribution in [1.29, 1.82) is 0 Å². The van der Waals surface area contributed by atoms with E-state index in [1.54, 1.807) is 13.1 Å². The van der Waals surface area contributed by atoms with Gasteiger partial charge in [0.25, 0.3) is 0 Å². The molecule has 0 atom stereocenters. The Hall–Kier alpha value is -3.61. The van der Waals surface area contributed by atoms with Crippen molar-refractivity contribution in [1.82, 2.24) is 25.1 Å². The van der Waals surface area contributed by atoms with Gasteiger partial charge in [-0.1, -0.05) is 6.08 Å². The summed E-state index contributed by atoms with van der Waals surface area (Å²) in [4.78, 5) is 21.3. The highest BCUT2D eigenvalue weighted by atomic mass is 16.2. The molecule has 3 N–H and O–H groups in total. The normalized spacial score (nSPS) is 14.5. The van der Waals surface area contributed by atoms with E-state index >= 15 is 0 Å². The quantitative estimate of drug-likeness (QED) is 0.510. The molecule has 1 aromatic carbocycles. The fourth-order valence-corrected chi connectivity index (χ4v) is 3.68. The highest BCUT2D eigenvalue weighted by molar-refractivity contribution is 5.95. The van der Waals surface area contributed by atoms with Gasteiger partial charge in [-0.15, -0.1) is 0 Å². The molecule has 28 heavy (non-hydrogen) atoms. The molecule has 0 saturated heterocycles. The Kier molecular flexibility index (Phi) is 3.86. The number of pyridine rings is 1. The minimum absolute atomic E-state index is 0.120. The Morgan fingerprint density at radius 2 is 2.18 bits per heavy atom. The van der Waals surface area contributed by atoms with Crippen LogP contribution < -0.4 is 5.32 Å². The number of hydrogen-bond donors (Lipinski definition) is 3. The predicted molar refractivity (Wildman–Crippen MR) is 110 cm³/mol. The molecule has 1 amide bonds. The van der Waals surface area contributed by atoms with E-state index in [0.717, 1.165) is 52.0 Å². The van der Waals surface area contributed by atoms with E-state index in [-0.39, 0.29) is 5.91 Å². The van der Waals surface area contributed by atoms with Crippen LogP contribution in [-0.4, -0.2) is 44.1 Å². The Labute approximate surface area is 161 Å². The van der Waals surface area contributed by atoms with Gasteiger partial charge in [-0.25, -0.2) is 4.98 Å². The lowest BCUT2D eigenvalue weighted by Gasteiger charge is -2.24. The van der Waals surface area contributed by atoms with Crippen molar-refractivity contribution >= 4 is 44.8 Å². The molecule has 4 aromatic rings. The van der Waals surface area contributed by atoms with Gasteiger partial charge in [0.15, 0.2) is 0 Å². The standard InChI is InChI=1S/C21H20N6O/c1-13(28)27-8-5-14(6-9-27)20-11-17-19(4-7-22-21(17)25-20)24-16-2-3-18-15(10-16)12-23-26-18/h2-5,7,10-12H,6,8-9H2,1H3,(H,23,26)(H2,22,24,25). The number of aromatic nitrogens is 4. The Morgan fingerprint density at radius 3 is 3.00 bits per heavy atom. The van der Waals surface area contributed by atoms with Crippen LogP contribution in [0, 0.1) is 0 Å². The van der Waals surface area contributed by atoms with Crippen LogP contribution >= 0.6 is 0 Å². The SMILES string of the molecule is CC(=O)N1CC=C(c2cc3c(Nc4ccc5[nH]ncc5c4)ccnc3[nH]2)CC1. The Balaban J connectivity index is 1.46. The number of carbonyl (C=O) groups is 1. The monoisotopic (exact) mass is 372 g/mol. The maximum atomic E-state index is 11.5. The number of nitrogens with zero attached hydrogens (tertiary/aromatic N) is 3. The molecule has 1 aliphatic heterocycles. The second-order valence-corrected chi connectivity index (χ2v) is 7.05. The van der Waals surface area contributed by atoms with Gasteiger partial charge in [-0.2, -0.15) is 5.10 Å². The zero-order chi connectivity index (χ0) is 19.1. The third-order valence-electron chi connectivity index (χ3n) is 5.25. The molecule has 0 unspecified atom stereocenters. The Morgan fingerprint density at radius 1 is 1.25 bits per heavy atom. The minimum Gasteiger partial charge on any atom is -0.355 e. The molecule has 1 aliphatic rings. The van der Waals surface area contributed by atoms with Crippen LogP contribution in [0.3, 0.4) is 0 Å². The molecule has 0 radical (unpaired) electrons. The van der Waals surface area contributed by atoms with E-state index in [1.807, 2.05) is 29.3 Å². The van der Waals surface area contributed by atoms with Crippen molar-refractivity contribution in [2.24, 2.45) is 0 Å². The van der Waals surface area contributed by atoms with Crippen LogP contribution in [0.5, 0.6) is 0 Å². The number of fused-ring (bicyclic) bond motifs is 2. The lowest BCUT2D eigenvalue weighted by molar-refractivity contribution is -0.128. The molecule has 140 valence electrons. The number of benzene rings is 1. The predicted octanol–water partition coefficient (Wildman–Crippen LogP) is 3.82. The van der Waals surface area contributed by atoms with Crippen molar-refractivity contribution in [3.8, 4) is 0 Å². The number of nitrogens with one attached hydrogen (secondary N) is 3. The topological polar surface area (TPSA) is 89.7 Å². The van der Waals surface area contributed by atoms with Gasteiger partial charge in [0, 0.05) is 48.4 Å². The van der Waals surface area contributed by atoms with E-state index in [2.05, 4.69) is 43.7 Å². The number of carbonyl (C=O) groups excluding carboxylic acids is 1. The lowest BCUT2D eigenvalue weighted by Crippen LogP contribution is -2.32. The van der Waals surface area contributed by atoms with Crippen LogP contribution in [0.4, 0.5) is 11.4 Å². The average molecular weight is 372 g/mol. The number of aromatic amines is 2. The molecule has 3 aromatic heterocycles. The summed E-state index contributed by atoms with van der Waals surface area (Å²) < 4.78 is 0. The molecule has 7 heteroatoms. The molecule has 0 aliphatic carbocycles. The Bertz CT molecular complexity index is 1220. The van der Waals surface area contributed by atoms with Gasteiger partial charge in [0.2, 0.25) is 5.91 Å². The third kappa shape index (κ3) is 2.90. The molecular formula is C21H20N6O. The first kappa shape index (κ1) is 16.6. The molecular weight excluding hydrogens is 352 g/mol. The zero-order valence-corrected chi connectivity index (χ0v) is 15.5. The third-order valence-corrected chi connectivity index (χ3v) is 5.25. The summed E-state index contributed by atoms with van der Waals surface area (Å²) in [6.07, 6.45) is 6.58. The second-order valence-electron chi connectivity index (χ2n) is 7.05. The first-order valence-electron chi connectivity index (χ1n) is 9.30. The minimum atomic E-state index is 0.120. The van der Waals surface area contributed by atoms with E-state index < -0.39 is 0 Å². The van der Waals surface area contributed by atoms with Crippen LogP contribution in [0.15, 0.2) is 48.8 Å². The molecule has 0 saturated carbocycles. The van der Waals surface area contributed by atoms with E-state index in [4.69, 9.17) is 0 Å². The lowest BCUT2D eigenvalue weighted by atomic mass is 10.0. The van der Waals surface area contributed by atoms with Crippen molar-refractivity contribution < 1.29 is 4.79 Å². The average Bonchev–Trinajstić information content (AvgIpc) is 3.35. The smallest absolute Gasteiger partial charge is 0.219 e. The van der Waals surface area contributed by atoms with Gasteiger partial charge in [0.1, 0.15) is 5.65 Å². The van der Waals surface area contributed by atoms with Crippen molar-refractivity contribution in [3.05, 3.63) is 54.5 Å². The van der Waals surface area contributed by atoms with Gasteiger partial charge < -0.3 is 15.2 Å². The summed E-state index contributed by atoms with van der Waals surface area (Å²) in [5.41, 5.74) is 6.14. The molecule has 0 fully saturated rings. The molecule has 0 spiro atoms. The zero-order valence-electron chi connectivity index (χ0n) is 15.5. The van der Waals surface area contributed by atoms with Gasteiger partial charge in [-0.05, 0) is 42.3 Å². The van der Waals surface area contributed by atoms with Crippen molar-refractivity contribution in [2.45, 2.75) is 13.3 Å². The van der Waals surface area contributed by atoms with E-state index in [0.29, 0.717) is 6.54 Å².